The molecule has 1 heterocycles. The van der Waals surface area contributed by atoms with Gasteiger partial charge in [0.25, 0.3) is 0 Å². The monoisotopic (exact) mass is 340 g/mol. The van der Waals surface area contributed by atoms with E-state index in [0.29, 0.717) is 11.7 Å². The third-order valence-electron chi connectivity index (χ3n) is 4.01. The van der Waals surface area contributed by atoms with Crippen molar-refractivity contribution in [3.8, 4) is 5.75 Å². The molecule has 1 N–H and O–H groups in total. The number of nitrogens with one attached hydrogen (secondary N) is 1. The van der Waals surface area contributed by atoms with Crippen LogP contribution in [0.3, 0.4) is 0 Å². The number of likely N-dealkylation sites (tertiary alicyclic amines) is 1. The number of sulfonamides is 1. The molecule has 0 spiro atoms. The van der Waals surface area contributed by atoms with E-state index in [4.69, 9.17) is 4.74 Å². The summed E-state index contributed by atoms with van der Waals surface area (Å²) in [5.74, 6) is 1.12. The fourth-order valence-electron chi connectivity index (χ4n) is 2.70. The first-order chi connectivity index (χ1) is 10.9. The number of methoxy groups -OCH3 is 1. The normalized spacial score (nSPS) is 18.7. The molecule has 0 saturated carbocycles. The van der Waals surface area contributed by atoms with E-state index in [0.717, 1.165) is 25.9 Å². The summed E-state index contributed by atoms with van der Waals surface area (Å²) in [5, 5.41) is 0. The Labute approximate surface area is 137 Å². The molecule has 1 aromatic carbocycles. The van der Waals surface area contributed by atoms with Crippen LogP contribution < -0.4 is 9.46 Å². The van der Waals surface area contributed by atoms with Gasteiger partial charge in [-0.15, -0.1) is 0 Å². The van der Waals surface area contributed by atoms with Gasteiger partial charge in [0.1, 0.15) is 5.75 Å². The van der Waals surface area contributed by atoms with Crippen LogP contribution in [0.2, 0.25) is 0 Å². The van der Waals surface area contributed by atoms with Crippen molar-refractivity contribution >= 4 is 15.9 Å². The number of rotatable bonds is 6. The first-order valence-corrected chi connectivity index (χ1v) is 9.32. The van der Waals surface area contributed by atoms with Crippen molar-refractivity contribution in [2.24, 2.45) is 5.92 Å². The summed E-state index contributed by atoms with van der Waals surface area (Å²) in [6.07, 6.45) is 2.35. The van der Waals surface area contributed by atoms with Crippen LogP contribution in [0, 0.1) is 5.92 Å². The minimum absolute atomic E-state index is 0.00832. The molecular weight excluding hydrogens is 316 g/mol. The minimum Gasteiger partial charge on any atom is -0.497 e. The van der Waals surface area contributed by atoms with Crippen LogP contribution in [0.25, 0.3) is 0 Å². The maximum absolute atomic E-state index is 12.2. The Morgan fingerprint density at radius 2 is 2.04 bits per heavy atom. The predicted octanol–water partition coefficient (Wildman–Crippen LogP) is 1.62. The third-order valence-corrected chi connectivity index (χ3v) is 5.49. The van der Waals surface area contributed by atoms with Gasteiger partial charge in [0.05, 0.1) is 12.0 Å². The smallest absolute Gasteiger partial charge is 0.240 e. The van der Waals surface area contributed by atoms with Gasteiger partial charge in [0.15, 0.2) is 0 Å². The second kappa shape index (κ2) is 7.79. The SMILES string of the molecule is COc1ccc(S(=O)(=O)NCCC(=O)N2CCC[C@H](C)C2)cc1. The molecule has 6 nitrogen and oxygen atoms in total. The van der Waals surface area contributed by atoms with Gasteiger partial charge in [-0.2, -0.15) is 0 Å². The van der Waals surface area contributed by atoms with E-state index < -0.39 is 10.0 Å². The first-order valence-electron chi connectivity index (χ1n) is 7.84. The highest BCUT2D eigenvalue weighted by Gasteiger charge is 2.21. The number of piperidine rings is 1. The predicted molar refractivity (Wildman–Crippen MR) is 87.8 cm³/mol. The minimum atomic E-state index is -3.60. The Balaban J connectivity index is 1.85. The van der Waals surface area contributed by atoms with Gasteiger partial charge in [-0.25, -0.2) is 13.1 Å². The van der Waals surface area contributed by atoms with Crippen LogP contribution >= 0.6 is 0 Å². The van der Waals surface area contributed by atoms with Gasteiger partial charge < -0.3 is 9.64 Å². The summed E-state index contributed by atoms with van der Waals surface area (Å²) in [6.45, 7) is 3.78. The third kappa shape index (κ3) is 4.94. The molecule has 1 atom stereocenters. The van der Waals surface area contributed by atoms with Crippen molar-refractivity contribution in [2.75, 3.05) is 26.7 Å². The summed E-state index contributed by atoms with van der Waals surface area (Å²) >= 11 is 0. The van der Waals surface area contributed by atoms with Gasteiger partial charge in [0, 0.05) is 26.1 Å². The lowest BCUT2D eigenvalue weighted by Crippen LogP contribution is -2.40. The number of ether oxygens (including phenoxy) is 1. The molecule has 1 aliphatic heterocycles. The van der Waals surface area contributed by atoms with Gasteiger partial charge in [-0.1, -0.05) is 6.92 Å². The number of benzene rings is 1. The van der Waals surface area contributed by atoms with Crippen molar-refractivity contribution in [3.05, 3.63) is 24.3 Å². The summed E-state index contributed by atoms with van der Waals surface area (Å²) in [6, 6.07) is 6.15. The maximum atomic E-state index is 12.2. The van der Waals surface area contributed by atoms with Crippen molar-refractivity contribution < 1.29 is 17.9 Å². The van der Waals surface area contributed by atoms with Crippen LogP contribution in [0.15, 0.2) is 29.2 Å². The van der Waals surface area contributed by atoms with Gasteiger partial charge in [0.2, 0.25) is 15.9 Å². The van der Waals surface area contributed by atoms with Crippen LogP contribution in [0.5, 0.6) is 5.75 Å². The number of carbonyl (C=O) groups excluding carboxylic acids is 1. The fraction of sp³-hybridized carbons (Fsp3) is 0.562. The number of nitrogens with zero attached hydrogens (tertiary/aromatic N) is 1. The molecule has 7 heteroatoms. The van der Waals surface area contributed by atoms with E-state index in [1.165, 1.54) is 19.2 Å². The lowest BCUT2D eigenvalue weighted by Gasteiger charge is -2.31. The lowest BCUT2D eigenvalue weighted by molar-refractivity contribution is -0.132. The quantitative estimate of drug-likeness (QED) is 0.854. The van der Waals surface area contributed by atoms with E-state index in [9.17, 15) is 13.2 Å². The van der Waals surface area contributed by atoms with Crippen LogP contribution in [0.4, 0.5) is 0 Å². The van der Waals surface area contributed by atoms with Crippen molar-refractivity contribution in [1.29, 1.82) is 0 Å². The molecule has 23 heavy (non-hydrogen) atoms. The summed E-state index contributed by atoms with van der Waals surface area (Å²) < 4.78 is 31.8. The Morgan fingerprint density at radius 3 is 2.65 bits per heavy atom. The number of hydrogen-bond acceptors (Lipinski definition) is 4. The van der Waals surface area contributed by atoms with Crippen LogP contribution in [0.1, 0.15) is 26.2 Å². The second-order valence-corrected chi connectivity index (χ2v) is 7.68. The van der Waals surface area contributed by atoms with Crippen molar-refractivity contribution in [1.82, 2.24) is 9.62 Å². The highest BCUT2D eigenvalue weighted by molar-refractivity contribution is 7.89. The van der Waals surface area contributed by atoms with E-state index in [-0.39, 0.29) is 23.8 Å². The highest BCUT2D eigenvalue weighted by atomic mass is 32.2. The van der Waals surface area contributed by atoms with Crippen LogP contribution in [-0.2, 0) is 14.8 Å². The summed E-state index contributed by atoms with van der Waals surface area (Å²) in [4.78, 5) is 14.1. The number of carbonyl (C=O) groups is 1. The van der Waals surface area contributed by atoms with Crippen molar-refractivity contribution in [3.63, 3.8) is 0 Å². The van der Waals surface area contributed by atoms with Gasteiger partial charge >= 0.3 is 0 Å². The Bertz CT molecular complexity index is 628. The first kappa shape index (κ1) is 17.7. The number of amides is 1. The van der Waals surface area contributed by atoms with Gasteiger partial charge in [-0.05, 0) is 43.0 Å². The Kier molecular flexibility index (Phi) is 6.01. The fourth-order valence-corrected chi connectivity index (χ4v) is 3.74. The van der Waals surface area contributed by atoms with Crippen LogP contribution in [-0.4, -0.2) is 46.0 Å². The molecule has 1 fully saturated rings. The molecule has 2 rings (SSSR count). The molecule has 0 aliphatic carbocycles. The highest BCUT2D eigenvalue weighted by Crippen LogP contribution is 2.17. The second-order valence-electron chi connectivity index (χ2n) is 5.91. The largest absolute Gasteiger partial charge is 0.497 e. The summed E-state index contributed by atoms with van der Waals surface area (Å²) in [5.41, 5.74) is 0. The molecule has 1 aromatic rings. The standard InChI is InChI=1S/C16H24N2O4S/c1-13-4-3-11-18(12-13)16(19)9-10-17-23(20,21)15-7-5-14(22-2)6-8-15/h5-8,13,17H,3-4,9-12H2,1-2H3/t13-/m0/s1. The van der Waals surface area contributed by atoms with Gasteiger partial charge in [-0.3, -0.25) is 4.79 Å². The van der Waals surface area contributed by atoms with Crippen molar-refractivity contribution in [2.45, 2.75) is 31.1 Å². The molecule has 0 aromatic heterocycles. The zero-order chi connectivity index (χ0) is 16.9. The zero-order valence-corrected chi connectivity index (χ0v) is 14.4. The molecule has 128 valence electrons. The molecule has 0 radical (unpaired) electrons. The molecule has 0 unspecified atom stereocenters. The molecule has 0 bridgehead atoms. The maximum Gasteiger partial charge on any atom is 0.240 e. The topological polar surface area (TPSA) is 75.7 Å². The van der Waals surface area contributed by atoms with E-state index in [1.54, 1.807) is 12.1 Å². The lowest BCUT2D eigenvalue weighted by atomic mass is 10.0. The molecule has 1 aliphatic rings. The Morgan fingerprint density at radius 1 is 1.35 bits per heavy atom. The Hall–Kier alpha value is -1.60. The molecular formula is C16H24N2O4S. The van der Waals surface area contributed by atoms with E-state index in [2.05, 4.69) is 11.6 Å². The number of hydrogen-bond donors (Lipinski definition) is 1. The molecule has 1 amide bonds. The molecule has 1 saturated heterocycles. The zero-order valence-electron chi connectivity index (χ0n) is 13.6. The summed E-state index contributed by atoms with van der Waals surface area (Å²) in [7, 11) is -2.08. The average Bonchev–Trinajstić information content (AvgIpc) is 2.54. The van der Waals surface area contributed by atoms with E-state index >= 15 is 0 Å². The average molecular weight is 340 g/mol. The van der Waals surface area contributed by atoms with E-state index in [1.807, 2.05) is 4.90 Å².